The first-order valence-electron chi connectivity index (χ1n) is 5.02. The lowest BCUT2D eigenvalue weighted by molar-refractivity contribution is -0.385. The minimum absolute atomic E-state index is 0.116. The van der Waals surface area contributed by atoms with Crippen LogP contribution in [0.5, 0.6) is 0 Å². The highest BCUT2D eigenvalue weighted by Crippen LogP contribution is 2.12. The molecule has 0 radical (unpaired) electrons. The predicted molar refractivity (Wildman–Crippen MR) is 56.9 cm³/mol. The molecule has 1 heterocycles. The number of nitrogens with one attached hydrogen (secondary N) is 1. The Kier molecular flexibility index (Phi) is 3.98. The zero-order valence-electron chi connectivity index (χ0n) is 9.21. The Hall–Kier alpha value is -1.92. The van der Waals surface area contributed by atoms with Gasteiger partial charge in [0.15, 0.2) is 0 Å². The fourth-order valence-electron chi connectivity index (χ4n) is 1.15. The molecule has 0 saturated heterocycles. The van der Waals surface area contributed by atoms with Crippen molar-refractivity contribution >= 4 is 11.6 Å². The van der Waals surface area contributed by atoms with Crippen LogP contribution in [0.15, 0.2) is 12.4 Å². The fraction of sp³-hybridized carbons (Fsp3) is 0.556. The van der Waals surface area contributed by atoms with Crippen LogP contribution in [0, 0.1) is 10.1 Å². The van der Waals surface area contributed by atoms with Crippen molar-refractivity contribution in [2.24, 2.45) is 0 Å². The molecule has 0 aliphatic carbocycles. The van der Waals surface area contributed by atoms with Gasteiger partial charge in [0, 0.05) is 6.54 Å². The molecule has 7 nitrogen and oxygen atoms in total. The van der Waals surface area contributed by atoms with Crippen molar-refractivity contribution in [2.45, 2.75) is 26.3 Å². The summed E-state index contributed by atoms with van der Waals surface area (Å²) in [6.07, 6.45) is 3.22. The summed E-state index contributed by atoms with van der Waals surface area (Å²) >= 11 is 0. The minimum Gasteiger partial charge on any atom is -0.354 e. The van der Waals surface area contributed by atoms with Crippen LogP contribution in [-0.2, 0) is 4.79 Å². The van der Waals surface area contributed by atoms with Crippen LogP contribution in [0.1, 0.15) is 26.3 Å². The molecule has 1 aromatic rings. The molecule has 1 rings (SSSR count). The third-order valence-electron chi connectivity index (χ3n) is 2.12. The number of hydrogen-bond acceptors (Lipinski definition) is 4. The van der Waals surface area contributed by atoms with Crippen molar-refractivity contribution in [2.75, 3.05) is 6.54 Å². The van der Waals surface area contributed by atoms with Crippen molar-refractivity contribution < 1.29 is 9.72 Å². The summed E-state index contributed by atoms with van der Waals surface area (Å²) in [6.45, 7) is 4.18. The van der Waals surface area contributed by atoms with Crippen molar-refractivity contribution in [3.63, 3.8) is 0 Å². The number of nitrogens with zero attached hydrogens (tertiary/aromatic N) is 3. The van der Waals surface area contributed by atoms with E-state index in [2.05, 4.69) is 10.4 Å². The summed E-state index contributed by atoms with van der Waals surface area (Å²) in [4.78, 5) is 21.4. The van der Waals surface area contributed by atoms with Crippen LogP contribution in [0.25, 0.3) is 0 Å². The molecule has 0 aliphatic heterocycles. The third kappa shape index (κ3) is 2.78. The van der Waals surface area contributed by atoms with Crippen LogP contribution in [0.3, 0.4) is 0 Å². The van der Waals surface area contributed by atoms with E-state index in [1.807, 2.05) is 6.92 Å². The molecule has 1 amide bonds. The number of amides is 1. The van der Waals surface area contributed by atoms with Gasteiger partial charge in [-0.2, -0.15) is 5.10 Å². The Morgan fingerprint density at radius 1 is 1.75 bits per heavy atom. The van der Waals surface area contributed by atoms with Crippen molar-refractivity contribution in [3.8, 4) is 0 Å². The lowest BCUT2D eigenvalue weighted by atomic mass is 10.3. The smallest absolute Gasteiger partial charge is 0.307 e. The van der Waals surface area contributed by atoms with Gasteiger partial charge in [0.2, 0.25) is 5.91 Å². The zero-order chi connectivity index (χ0) is 12.1. The van der Waals surface area contributed by atoms with Crippen molar-refractivity contribution in [1.29, 1.82) is 0 Å². The Morgan fingerprint density at radius 2 is 2.44 bits per heavy atom. The largest absolute Gasteiger partial charge is 0.354 e. The molecule has 1 aromatic heterocycles. The van der Waals surface area contributed by atoms with E-state index >= 15 is 0 Å². The molecule has 0 aromatic carbocycles. The van der Waals surface area contributed by atoms with E-state index in [1.54, 1.807) is 6.92 Å². The van der Waals surface area contributed by atoms with E-state index < -0.39 is 11.0 Å². The maximum Gasteiger partial charge on any atom is 0.307 e. The molecular formula is C9H14N4O3. The highest BCUT2D eigenvalue weighted by Gasteiger charge is 2.18. The molecule has 1 N–H and O–H groups in total. The maximum absolute atomic E-state index is 11.5. The summed E-state index contributed by atoms with van der Waals surface area (Å²) in [5, 5.41) is 16.9. The number of nitro groups is 1. The van der Waals surface area contributed by atoms with Crippen LogP contribution < -0.4 is 5.32 Å². The second-order valence-electron chi connectivity index (χ2n) is 3.40. The SMILES string of the molecule is CCCNC(=O)C(C)n1cc([N+](=O)[O-])cn1. The highest BCUT2D eigenvalue weighted by molar-refractivity contribution is 5.79. The fourth-order valence-corrected chi connectivity index (χ4v) is 1.15. The predicted octanol–water partition coefficient (Wildman–Crippen LogP) is 0.878. The first-order chi connectivity index (χ1) is 7.56. The normalized spacial score (nSPS) is 12.1. The van der Waals surface area contributed by atoms with Crippen molar-refractivity contribution in [1.82, 2.24) is 15.1 Å². The van der Waals surface area contributed by atoms with Gasteiger partial charge in [-0.15, -0.1) is 0 Å². The molecule has 0 fully saturated rings. The summed E-state index contributed by atoms with van der Waals surface area (Å²) in [7, 11) is 0. The quantitative estimate of drug-likeness (QED) is 0.596. The molecule has 7 heteroatoms. The van der Waals surface area contributed by atoms with E-state index in [-0.39, 0.29) is 11.6 Å². The molecule has 0 spiro atoms. The Balaban J connectivity index is 2.68. The van der Waals surface area contributed by atoms with Crippen LogP contribution in [-0.4, -0.2) is 27.2 Å². The topological polar surface area (TPSA) is 90.1 Å². The first kappa shape index (κ1) is 12.2. The Morgan fingerprint density at radius 3 is 2.94 bits per heavy atom. The molecule has 0 aliphatic rings. The second kappa shape index (κ2) is 5.24. The van der Waals surface area contributed by atoms with Crippen molar-refractivity contribution in [3.05, 3.63) is 22.5 Å². The minimum atomic E-state index is -0.542. The molecule has 16 heavy (non-hydrogen) atoms. The summed E-state index contributed by atoms with van der Waals surface area (Å²) in [5.41, 5.74) is -0.116. The molecule has 1 atom stereocenters. The molecule has 0 bridgehead atoms. The molecule has 88 valence electrons. The van der Waals surface area contributed by atoms with Gasteiger partial charge >= 0.3 is 5.69 Å². The van der Waals surface area contributed by atoms with E-state index in [9.17, 15) is 14.9 Å². The summed E-state index contributed by atoms with van der Waals surface area (Å²) in [5.74, 6) is -0.195. The lowest BCUT2D eigenvalue weighted by Gasteiger charge is -2.11. The summed E-state index contributed by atoms with van der Waals surface area (Å²) < 4.78 is 1.28. The second-order valence-corrected chi connectivity index (χ2v) is 3.40. The average Bonchev–Trinajstić information content (AvgIpc) is 2.74. The molecule has 0 saturated carbocycles. The average molecular weight is 226 g/mol. The van der Waals surface area contributed by atoms with Gasteiger partial charge in [-0.3, -0.25) is 19.6 Å². The Bertz CT molecular complexity index is 388. The zero-order valence-corrected chi connectivity index (χ0v) is 9.21. The van der Waals surface area contributed by atoms with E-state index in [0.29, 0.717) is 6.54 Å². The first-order valence-corrected chi connectivity index (χ1v) is 5.02. The van der Waals surface area contributed by atoms with E-state index in [1.165, 1.54) is 10.9 Å². The molecule has 1 unspecified atom stereocenters. The monoisotopic (exact) mass is 226 g/mol. The van der Waals surface area contributed by atoms with Gasteiger partial charge in [0.1, 0.15) is 18.4 Å². The van der Waals surface area contributed by atoms with E-state index in [0.717, 1.165) is 12.6 Å². The summed E-state index contributed by atoms with van der Waals surface area (Å²) in [6, 6.07) is -0.541. The number of hydrogen-bond donors (Lipinski definition) is 1. The standard InChI is InChI=1S/C9H14N4O3/c1-3-4-10-9(14)7(2)12-6-8(5-11-12)13(15)16/h5-7H,3-4H2,1-2H3,(H,10,14). The van der Waals surface area contributed by atoms with Gasteiger partial charge in [0.25, 0.3) is 0 Å². The van der Waals surface area contributed by atoms with Crippen LogP contribution >= 0.6 is 0 Å². The van der Waals surface area contributed by atoms with Gasteiger partial charge < -0.3 is 5.32 Å². The number of carbonyl (C=O) groups is 1. The van der Waals surface area contributed by atoms with Gasteiger partial charge in [-0.05, 0) is 13.3 Å². The van der Waals surface area contributed by atoms with Gasteiger partial charge in [-0.25, -0.2) is 0 Å². The van der Waals surface area contributed by atoms with E-state index in [4.69, 9.17) is 0 Å². The Labute approximate surface area is 92.6 Å². The third-order valence-corrected chi connectivity index (χ3v) is 2.12. The van der Waals surface area contributed by atoms with Crippen LogP contribution in [0.4, 0.5) is 5.69 Å². The maximum atomic E-state index is 11.5. The number of carbonyl (C=O) groups excluding carboxylic acids is 1. The number of aromatic nitrogens is 2. The highest BCUT2D eigenvalue weighted by atomic mass is 16.6. The van der Waals surface area contributed by atoms with Gasteiger partial charge in [0.05, 0.1) is 4.92 Å². The lowest BCUT2D eigenvalue weighted by Crippen LogP contribution is -2.31. The molecular weight excluding hydrogens is 212 g/mol. The van der Waals surface area contributed by atoms with Crippen LogP contribution in [0.2, 0.25) is 0 Å². The number of rotatable bonds is 5. The van der Waals surface area contributed by atoms with Gasteiger partial charge in [-0.1, -0.05) is 6.92 Å².